The van der Waals surface area contributed by atoms with Gasteiger partial charge < -0.3 is 34.3 Å². The van der Waals surface area contributed by atoms with Crippen molar-refractivity contribution in [3.8, 4) is 0 Å². The van der Waals surface area contributed by atoms with Gasteiger partial charge in [-0.25, -0.2) is 0 Å². The molecular formula is C36H68N2O11S4Si2. The molecule has 0 bridgehead atoms. The number of carbonyl (C=O) groups is 6. The van der Waals surface area contributed by atoms with Crippen molar-refractivity contribution >= 4 is 101 Å². The summed E-state index contributed by atoms with van der Waals surface area (Å²) in [5.74, 6) is -0.777. The molecule has 0 radical (unpaired) electrons. The van der Waals surface area contributed by atoms with E-state index in [0.717, 1.165) is 48.5 Å². The number of amides is 2. The molecule has 13 nitrogen and oxygen atoms in total. The number of hydrogen-bond acceptors (Lipinski definition) is 15. The standard InChI is InChI=1S/C36H68N2O11S4Si2/c1-7-35(25-46-29(39)11-17-50,27-48-31(41)13-19-52-33(43)37-15-9-21-54(3)4)23-45-24-36(8-2,26-47-30(40)12-18-51)28-49-32(42)14-20-53-34(44)38-16-10-22-55(5)6/h50-51,54-55H,7-28H2,1-6H3,(H,37,43)(H,38,44). The molecule has 0 aliphatic rings. The van der Waals surface area contributed by atoms with E-state index in [1.54, 1.807) is 0 Å². The van der Waals surface area contributed by atoms with Gasteiger partial charge in [-0.2, -0.15) is 25.3 Å². The van der Waals surface area contributed by atoms with Crippen molar-refractivity contribution in [2.45, 2.75) is 103 Å². The fourth-order valence-electron chi connectivity index (χ4n) is 4.71. The van der Waals surface area contributed by atoms with E-state index in [0.29, 0.717) is 37.4 Å². The van der Waals surface area contributed by atoms with E-state index in [9.17, 15) is 28.8 Å². The van der Waals surface area contributed by atoms with Crippen molar-refractivity contribution in [2.75, 3.05) is 75.7 Å². The van der Waals surface area contributed by atoms with Crippen LogP contribution >= 0.6 is 48.8 Å². The number of nitrogens with one attached hydrogen (secondary N) is 2. The largest absolute Gasteiger partial charge is 0.465 e. The number of ether oxygens (including phenoxy) is 5. The van der Waals surface area contributed by atoms with Gasteiger partial charge in [0.05, 0.1) is 49.7 Å². The zero-order valence-corrected chi connectivity index (χ0v) is 39.6. The Morgan fingerprint density at radius 2 is 0.873 bits per heavy atom. The number of esters is 4. The van der Waals surface area contributed by atoms with Crippen LogP contribution in [0.25, 0.3) is 0 Å². The minimum Gasteiger partial charge on any atom is -0.465 e. The number of carbonyl (C=O) groups excluding carboxylic acids is 6. The lowest BCUT2D eigenvalue weighted by Gasteiger charge is -2.35. The Hall–Kier alpha value is -1.39. The lowest BCUT2D eigenvalue weighted by atomic mass is 9.86. The molecule has 2 N–H and O–H groups in total. The van der Waals surface area contributed by atoms with Crippen molar-refractivity contribution in [3.05, 3.63) is 0 Å². The molecule has 2 unspecified atom stereocenters. The maximum Gasteiger partial charge on any atom is 0.306 e. The van der Waals surface area contributed by atoms with Crippen LogP contribution in [0.15, 0.2) is 0 Å². The molecule has 0 fully saturated rings. The predicted molar refractivity (Wildman–Crippen MR) is 235 cm³/mol. The lowest BCUT2D eigenvalue weighted by molar-refractivity contribution is -0.162. The Kier molecular flexibility index (Phi) is 31.7. The van der Waals surface area contributed by atoms with Gasteiger partial charge >= 0.3 is 23.9 Å². The quantitative estimate of drug-likeness (QED) is 0.0203. The molecular weight excluding hydrogens is 821 g/mol. The smallest absolute Gasteiger partial charge is 0.306 e. The van der Waals surface area contributed by atoms with Crippen LogP contribution in [0, 0.1) is 10.8 Å². The molecule has 0 aromatic rings. The summed E-state index contributed by atoms with van der Waals surface area (Å²) < 4.78 is 28.6. The Balaban J connectivity index is 5.47. The summed E-state index contributed by atoms with van der Waals surface area (Å²) in [7, 11) is -1.33. The zero-order valence-electron chi connectivity index (χ0n) is 33.9. The molecule has 320 valence electrons. The molecule has 0 aliphatic heterocycles. The predicted octanol–water partition coefficient (Wildman–Crippen LogP) is 6.03. The van der Waals surface area contributed by atoms with Crippen LogP contribution in [0.5, 0.6) is 0 Å². The Bertz CT molecular complexity index is 1060. The van der Waals surface area contributed by atoms with E-state index >= 15 is 0 Å². The summed E-state index contributed by atoms with van der Waals surface area (Å²) in [4.78, 5) is 74.4. The van der Waals surface area contributed by atoms with Crippen molar-refractivity contribution < 1.29 is 52.5 Å². The topological polar surface area (TPSA) is 173 Å². The van der Waals surface area contributed by atoms with Gasteiger partial charge in [0.15, 0.2) is 0 Å². The SMILES string of the molecule is CCC(COCC(CC)(COC(=O)CCS)COC(=O)CCSC(=O)NCCC[SiH](C)C)(COC(=O)CCS)COC(=O)CCSC(=O)NCCC[SiH](C)C. The highest BCUT2D eigenvalue weighted by molar-refractivity contribution is 8.13. The summed E-state index contributed by atoms with van der Waals surface area (Å²) in [6, 6.07) is 2.31. The third-order valence-corrected chi connectivity index (χ3v) is 13.8. The Labute approximate surface area is 352 Å². The first-order valence-electron chi connectivity index (χ1n) is 19.4. The number of hydrogen-bond donors (Lipinski definition) is 4. The van der Waals surface area contributed by atoms with E-state index in [-0.39, 0.29) is 87.3 Å². The van der Waals surface area contributed by atoms with Gasteiger partial charge in [-0.3, -0.25) is 28.8 Å². The molecule has 0 rings (SSSR count). The van der Waals surface area contributed by atoms with Crippen LogP contribution in [0.1, 0.15) is 65.2 Å². The van der Waals surface area contributed by atoms with Crippen LogP contribution in [0.3, 0.4) is 0 Å². The maximum absolute atomic E-state index is 12.7. The molecule has 2 amide bonds. The van der Waals surface area contributed by atoms with Gasteiger partial charge in [0, 0.05) is 53.7 Å². The second-order valence-electron chi connectivity index (χ2n) is 14.5. The third kappa shape index (κ3) is 28.6. The highest BCUT2D eigenvalue weighted by atomic mass is 32.2. The average Bonchev–Trinajstić information content (AvgIpc) is 3.14. The van der Waals surface area contributed by atoms with Gasteiger partial charge in [0.1, 0.15) is 26.4 Å². The van der Waals surface area contributed by atoms with Gasteiger partial charge in [-0.15, -0.1) is 0 Å². The van der Waals surface area contributed by atoms with Crippen molar-refractivity contribution in [1.29, 1.82) is 0 Å². The Morgan fingerprint density at radius 3 is 1.16 bits per heavy atom. The summed E-state index contributed by atoms with van der Waals surface area (Å²) in [6.45, 7) is 13.6. The van der Waals surface area contributed by atoms with Crippen molar-refractivity contribution in [2.24, 2.45) is 10.8 Å². The third-order valence-electron chi connectivity index (χ3n) is 8.64. The Morgan fingerprint density at radius 1 is 0.545 bits per heavy atom. The number of thioether (sulfide) groups is 2. The summed E-state index contributed by atoms with van der Waals surface area (Å²) in [6.07, 6.45) is 2.97. The van der Waals surface area contributed by atoms with E-state index in [2.05, 4.69) is 62.1 Å². The molecule has 0 spiro atoms. The molecule has 0 saturated carbocycles. The molecule has 0 heterocycles. The molecule has 55 heavy (non-hydrogen) atoms. The first kappa shape index (κ1) is 53.6. The van der Waals surface area contributed by atoms with Gasteiger partial charge in [0.25, 0.3) is 10.5 Å². The minimum absolute atomic E-state index is 0.00666. The second-order valence-corrected chi connectivity index (χ2v) is 24.2. The first-order valence-corrected chi connectivity index (χ1v) is 28.9. The molecule has 0 aromatic heterocycles. The van der Waals surface area contributed by atoms with Crippen LogP contribution in [0.2, 0.25) is 38.3 Å². The monoisotopic (exact) mass is 888 g/mol. The minimum atomic E-state index is -0.917. The molecule has 0 saturated heterocycles. The van der Waals surface area contributed by atoms with Crippen molar-refractivity contribution in [1.82, 2.24) is 10.6 Å². The normalized spacial score (nSPS) is 13.4. The maximum atomic E-state index is 12.7. The van der Waals surface area contributed by atoms with Gasteiger partial charge in [-0.05, 0) is 25.7 Å². The van der Waals surface area contributed by atoms with Crippen LogP contribution < -0.4 is 10.6 Å². The van der Waals surface area contributed by atoms with Gasteiger partial charge in [-0.1, -0.05) is 75.6 Å². The summed E-state index contributed by atoms with van der Waals surface area (Å²) in [5.41, 5.74) is -1.83. The van der Waals surface area contributed by atoms with E-state index in [4.69, 9.17) is 23.7 Å². The van der Waals surface area contributed by atoms with E-state index < -0.39 is 52.3 Å². The second kappa shape index (κ2) is 32.6. The highest BCUT2D eigenvalue weighted by Gasteiger charge is 2.37. The van der Waals surface area contributed by atoms with E-state index in [1.807, 2.05) is 13.8 Å². The fourth-order valence-corrected chi connectivity index (χ4v) is 8.43. The zero-order chi connectivity index (χ0) is 41.5. The fraction of sp³-hybridized carbons (Fsp3) is 0.833. The summed E-state index contributed by atoms with van der Waals surface area (Å²) >= 11 is 10.3. The number of rotatable bonds is 32. The molecule has 19 heteroatoms. The highest BCUT2D eigenvalue weighted by Crippen LogP contribution is 2.29. The molecule has 0 aromatic carbocycles. The van der Waals surface area contributed by atoms with Crippen LogP contribution in [-0.4, -0.2) is 128 Å². The number of thiol groups is 2. The van der Waals surface area contributed by atoms with Gasteiger partial charge in [0.2, 0.25) is 0 Å². The van der Waals surface area contributed by atoms with Crippen LogP contribution in [-0.2, 0) is 42.9 Å². The molecule has 0 aliphatic carbocycles. The summed E-state index contributed by atoms with van der Waals surface area (Å²) in [5, 5.41) is 5.37. The first-order chi connectivity index (χ1) is 26.1. The lowest BCUT2D eigenvalue weighted by Crippen LogP contribution is -2.42. The van der Waals surface area contributed by atoms with Crippen LogP contribution in [0.4, 0.5) is 9.59 Å². The van der Waals surface area contributed by atoms with Crippen molar-refractivity contribution in [3.63, 3.8) is 0 Å². The molecule has 2 atom stereocenters. The average molecular weight is 889 g/mol. The van der Waals surface area contributed by atoms with E-state index in [1.165, 1.54) is 0 Å².